The summed E-state index contributed by atoms with van der Waals surface area (Å²) in [5.74, 6) is 1.56. The van der Waals surface area contributed by atoms with Gasteiger partial charge in [-0.25, -0.2) is 20.0 Å². The Kier molecular flexibility index (Phi) is 2.39. The molecule has 0 radical (unpaired) electrons. The van der Waals surface area contributed by atoms with Gasteiger partial charge in [0.25, 0.3) is 0 Å². The number of aromatic nitrogens is 2. The average Bonchev–Trinajstić information content (AvgIpc) is 2.27. The molecule has 0 spiro atoms. The molecule has 16 heavy (non-hydrogen) atoms. The highest BCUT2D eigenvalue weighted by molar-refractivity contribution is 6.09. The van der Waals surface area contributed by atoms with E-state index in [1.807, 2.05) is 19.0 Å². The highest BCUT2D eigenvalue weighted by Crippen LogP contribution is 2.37. The summed E-state index contributed by atoms with van der Waals surface area (Å²) in [6, 6.07) is 0. The summed E-state index contributed by atoms with van der Waals surface area (Å²) in [7, 11) is 3.70. The minimum absolute atomic E-state index is 0. The second kappa shape index (κ2) is 3.60. The number of nitrogens with zero attached hydrogens (tertiary/aromatic N) is 7. The summed E-state index contributed by atoms with van der Waals surface area (Å²) in [4.78, 5) is 10.2. The first-order chi connectivity index (χ1) is 7.27. The maximum Gasteiger partial charge on any atom is 0.178 e. The number of anilines is 3. The molecule has 0 atom stereocenters. The van der Waals surface area contributed by atoms with Gasteiger partial charge in [0.05, 0.1) is 0 Å². The molecule has 3 heterocycles. The molecule has 0 saturated heterocycles. The van der Waals surface area contributed by atoms with Crippen molar-refractivity contribution in [3.8, 4) is 0 Å². The van der Waals surface area contributed by atoms with Gasteiger partial charge in [-0.05, 0) is 0 Å². The highest BCUT2D eigenvalue weighted by Gasteiger charge is 2.27. The van der Waals surface area contributed by atoms with Gasteiger partial charge in [0, 0.05) is 14.1 Å². The van der Waals surface area contributed by atoms with Crippen molar-refractivity contribution < 1.29 is 0 Å². The van der Waals surface area contributed by atoms with E-state index in [2.05, 4.69) is 20.2 Å². The average molecular weight is 240 g/mol. The van der Waals surface area contributed by atoms with Gasteiger partial charge >= 0.3 is 0 Å². The van der Waals surface area contributed by atoms with Gasteiger partial charge in [-0.15, -0.1) is 12.4 Å². The first-order valence-corrected chi connectivity index (χ1v) is 4.46. The van der Waals surface area contributed by atoms with Gasteiger partial charge in [-0.3, -0.25) is 4.90 Å². The SMILES string of the molecule is CN1N=CN2C=NN(C)c3ncnc1c32.Cl. The van der Waals surface area contributed by atoms with Crippen molar-refractivity contribution in [1.82, 2.24) is 9.97 Å². The van der Waals surface area contributed by atoms with Crippen molar-refractivity contribution in [2.75, 3.05) is 29.0 Å². The Balaban J connectivity index is 0.000000963. The second-order valence-corrected chi connectivity index (χ2v) is 3.29. The zero-order chi connectivity index (χ0) is 10.4. The maximum absolute atomic E-state index is 4.20. The molecule has 3 rings (SSSR count). The number of rotatable bonds is 0. The van der Waals surface area contributed by atoms with Gasteiger partial charge in [0.2, 0.25) is 0 Å². The van der Waals surface area contributed by atoms with Gasteiger partial charge in [0.1, 0.15) is 24.7 Å². The minimum atomic E-state index is 0. The molecule has 0 amide bonds. The van der Waals surface area contributed by atoms with Crippen LogP contribution in [0, 0.1) is 0 Å². The topological polar surface area (TPSA) is 60.2 Å². The largest absolute Gasteiger partial charge is 0.281 e. The molecule has 0 aliphatic carbocycles. The number of hydrazone groups is 2. The van der Waals surface area contributed by atoms with Crippen LogP contribution in [0.4, 0.5) is 17.3 Å². The van der Waals surface area contributed by atoms with Gasteiger partial charge in [-0.1, -0.05) is 0 Å². The Hall–Kier alpha value is -1.89. The third kappa shape index (κ3) is 1.28. The van der Waals surface area contributed by atoms with E-state index in [1.165, 1.54) is 6.33 Å². The molecule has 1 aromatic rings. The molecule has 84 valence electrons. The van der Waals surface area contributed by atoms with Crippen molar-refractivity contribution in [2.24, 2.45) is 10.2 Å². The first-order valence-electron chi connectivity index (χ1n) is 4.46. The zero-order valence-corrected chi connectivity index (χ0v) is 9.59. The van der Waals surface area contributed by atoms with E-state index < -0.39 is 0 Å². The molecule has 0 bridgehead atoms. The first kappa shape index (κ1) is 10.6. The van der Waals surface area contributed by atoms with E-state index in [0.717, 1.165) is 17.3 Å². The standard InChI is InChI=1S/C8H9N7.ClH/c1-13-7-6-8(10-3-9-7)14(2)12-5-15(6)4-11-13;/h3-5H,1-2H3;1H. The molecule has 7 nitrogen and oxygen atoms in total. The van der Waals surface area contributed by atoms with E-state index in [1.54, 1.807) is 22.7 Å². The number of hydrogen-bond donors (Lipinski definition) is 0. The lowest BCUT2D eigenvalue weighted by atomic mass is 10.3. The zero-order valence-electron chi connectivity index (χ0n) is 8.77. The fourth-order valence-corrected chi connectivity index (χ4v) is 1.59. The lowest BCUT2D eigenvalue weighted by Crippen LogP contribution is -2.35. The minimum Gasteiger partial charge on any atom is -0.281 e. The predicted octanol–water partition coefficient (Wildman–Crippen LogP) is 0.491. The highest BCUT2D eigenvalue weighted by atomic mass is 35.5. The van der Waals surface area contributed by atoms with Crippen molar-refractivity contribution in [3.05, 3.63) is 6.33 Å². The number of hydrogen-bond acceptors (Lipinski definition) is 7. The fraction of sp³-hybridized carbons (Fsp3) is 0.250. The van der Waals surface area contributed by atoms with Crippen LogP contribution in [0.15, 0.2) is 16.5 Å². The monoisotopic (exact) mass is 239 g/mol. The summed E-state index contributed by atoms with van der Waals surface area (Å²) in [5, 5.41) is 11.7. The Morgan fingerprint density at radius 2 is 1.44 bits per heavy atom. The summed E-state index contributed by atoms with van der Waals surface area (Å²) >= 11 is 0. The van der Waals surface area contributed by atoms with Crippen LogP contribution in [0.3, 0.4) is 0 Å². The molecule has 0 fully saturated rings. The molecule has 0 unspecified atom stereocenters. The van der Waals surface area contributed by atoms with E-state index in [4.69, 9.17) is 0 Å². The molecule has 1 aromatic heterocycles. The molecule has 8 heteroatoms. The van der Waals surface area contributed by atoms with Crippen LogP contribution in [-0.4, -0.2) is 36.7 Å². The lowest BCUT2D eigenvalue weighted by molar-refractivity contribution is 0.900. The fourth-order valence-electron chi connectivity index (χ4n) is 1.59. The van der Waals surface area contributed by atoms with Crippen LogP contribution in [0.5, 0.6) is 0 Å². The summed E-state index contributed by atoms with van der Waals surface area (Å²) < 4.78 is 0. The van der Waals surface area contributed by atoms with Crippen molar-refractivity contribution in [2.45, 2.75) is 0 Å². The second-order valence-electron chi connectivity index (χ2n) is 3.29. The maximum atomic E-state index is 4.20. The predicted molar refractivity (Wildman–Crippen MR) is 65.5 cm³/mol. The quantitative estimate of drug-likeness (QED) is 0.660. The Labute approximate surface area is 98.5 Å². The molecule has 2 aliphatic heterocycles. The molecule has 0 N–H and O–H groups in total. The van der Waals surface area contributed by atoms with Crippen LogP contribution in [0.1, 0.15) is 0 Å². The summed E-state index contributed by atoms with van der Waals surface area (Å²) in [6.07, 6.45) is 4.89. The summed E-state index contributed by atoms with van der Waals surface area (Å²) in [5.41, 5.74) is 0.910. The third-order valence-corrected chi connectivity index (χ3v) is 2.35. The smallest absolute Gasteiger partial charge is 0.178 e. The van der Waals surface area contributed by atoms with Crippen LogP contribution in [0.25, 0.3) is 0 Å². The Morgan fingerprint density at radius 3 is 1.94 bits per heavy atom. The van der Waals surface area contributed by atoms with Gasteiger partial charge in [-0.2, -0.15) is 10.2 Å². The van der Waals surface area contributed by atoms with Crippen molar-refractivity contribution in [1.29, 1.82) is 0 Å². The molecular weight excluding hydrogens is 230 g/mol. The summed E-state index contributed by atoms with van der Waals surface area (Å²) in [6.45, 7) is 0. The molecule has 2 aliphatic rings. The van der Waals surface area contributed by atoms with E-state index in [9.17, 15) is 0 Å². The lowest BCUT2D eigenvalue weighted by Gasteiger charge is -2.31. The molecular formula is C8H10ClN7. The Morgan fingerprint density at radius 1 is 0.938 bits per heavy atom. The Bertz CT molecular complexity index is 433. The van der Waals surface area contributed by atoms with E-state index in [0.29, 0.717) is 0 Å². The van der Waals surface area contributed by atoms with Crippen molar-refractivity contribution in [3.63, 3.8) is 0 Å². The van der Waals surface area contributed by atoms with Crippen LogP contribution in [0.2, 0.25) is 0 Å². The van der Waals surface area contributed by atoms with E-state index >= 15 is 0 Å². The van der Waals surface area contributed by atoms with Crippen LogP contribution >= 0.6 is 12.4 Å². The normalized spacial score (nSPS) is 16.0. The number of halogens is 1. The van der Waals surface area contributed by atoms with E-state index in [-0.39, 0.29) is 12.4 Å². The van der Waals surface area contributed by atoms with Crippen molar-refractivity contribution >= 4 is 42.4 Å². The third-order valence-electron chi connectivity index (χ3n) is 2.35. The van der Waals surface area contributed by atoms with Gasteiger partial charge in [0.15, 0.2) is 11.6 Å². The molecule has 0 aromatic carbocycles. The molecule has 0 saturated carbocycles. The van der Waals surface area contributed by atoms with Crippen LogP contribution < -0.4 is 14.9 Å². The van der Waals surface area contributed by atoms with Gasteiger partial charge < -0.3 is 0 Å². The van der Waals surface area contributed by atoms with Crippen LogP contribution in [-0.2, 0) is 0 Å².